The summed E-state index contributed by atoms with van der Waals surface area (Å²) in [5.74, 6) is 0.0696. The maximum absolute atomic E-state index is 13.3. The van der Waals surface area contributed by atoms with E-state index in [1.807, 2.05) is 28.8 Å². The molecule has 0 spiro atoms. The fourth-order valence-corrected chi connectivity index (χ4v) is 4.78. The first kappa shape index (κ1) is 35.0. The zero-order valence-electron chi connectivity index (χ0n) is 25.6. The minimum atomic E-state index is -0.731. The molecule has 1 aromatic rings. The van der Waals surface area contributed by atoms with Crippen LogP contribution < -0.4 is 10.4 Å². The molecule has 1 aliphatic rings. The van der Waals surface area contributed by atoms with Gasteiger partial charge in [-0.15, -0.1) is 0 Å². The minimum Gasteiger partial charge on any atom is -0.618 e. The van der Waals surface area contributed by atoms with Crippen molar-refractivity contribution >= 4 is 40.8 Å². The number of ketones is 3. The van der Waals surface area contributed by atoms with Gasteiger partial charge in [0.05, 0.1) is 19.6 Å². The molecule has 0 saturated heterocycles. The number of Topliss-reactive ketones (excluding diaryl/α,β-unsaturated/α-hetero) is 3. The molecule has 13 heteroatoms. The Bertz CT molecular complexity index is 1100. The van der Waals surface area contributed by atoms with Gasteiger partial charge in [0.25, 0.3) is 0 Å². The molecule has 2 rings (SSSR count). The quantitative estimate of drug-likeness (QED) is 0.125. The third-order valence-corrected chi connectivity index (χ3v) is 6.85. The Hall–Kier alpha value is -3.23. The van der Waals surface area contributed by atoms with Crippen LogP contribution in [0.5, 0.6) is 0 Å². The topological polar surface area (TPSA) is 143 Å². The highest BCUT2D eigenvalue weighted by Gasteiger charge is 2.29. The van der Waals surface area contributed by atoms with Gasteiger partial charge in [-0.1, -0.05) is 12.1 Å². The number of rotatable bonds is 20. The van der Waals surface area contributed by atoms with E-state index in [4.69, 9.17) is 0 Å². The van der Waals surface area contributed by atoms with E-state index in [-0.39, 0.29) is 36.2 Å². The molecule has 0 aromatic heterocycles. The Morgan fingerprint density at radius 3 is 2.05 bits per heavy atom. The van der Waals surface area contributed by atoms with Crippen molar-refractivity contribution in [3.05, 3.63) is 29.5 Å². The predicted molar refractivity (Wildman–Crippen MR) is 161 cm³/mol. The van der Waals surface area contributed by atoms with Gasteiger partial charge in [-0.3, -0.25) is 44.4 Å². The average Bonchev–Trinajstić information content (AvgIpc) is 2.91. The summed E-state index contributed by atoms with van der Waals surface area (Å²) in [6, 6.07) is 6.74. The fraction of sp³-hybridized carbons (Fsp3) is 0.621. The van der Waals surface area contributed by atoms with E-state index in [0.717, 1.165) is 9.80 Å². The third-order valence-electron chi connectivity index (χ3n) is 6.85. The molecule has 1 heterocycles. The molecule has 0 radical (unpaired) electrons. The number of carbonyl (C=O) groups excluding carboxylic acids is 4. The number of nitrogens with one attached hydrogen (secondary N) is 1. The molecule has 0 saturated carbocycles. The number of nitrogens with zero attached hydrogens (tertiary/aromatic N) is 6. The number of amides is 1. The van der Waals surface area contributed by atoms with Crippen molar-refractivity contribution in [1.29, 1.82) is 0 Å². The Morgan fingerprint density at radius 1 is 0.881 bits per heavy atom. The maximum atomic E-state index is 13.3. The largest absolute Gasteiger partial charge is 0.618 e. The van der Waals surface area contributed by atoms with Crippen molar-refractivity contribution in [2.75, 3.05) is 84.6 Å². The summed E-state index contributed by atoms with van der Waals surface area (Å²) in [6.45, 7) is 8.89. The van der Waals surface area contributed by atoms with Crippen LogP contribution in [0.3, 0.4) is 0 Å². The lowest BCUT2D eigenvalue weighted by Gasteiger charge is -2.30. The molecular formula is C29H47N7O6. The van der Waals surface area contributed by atoms with Gasteiger partial charge in [0.1, 0.15) is 23.0 Å². The maximum Gasteiger partial charge on any atom is 0.242 e. The van der Waals surface area contributed by atoms with Crippen LogP contribution in [0.1, 0.15) is 33.6 Å². The van der Waals surface area contributed by atoms with Gasteiger partial charge >= 0.3 is 0 Å². The van der Waals surface area contributed by atoms with Gasteiger partial charge in [-0.25, -0.2) is 5.06 Å². The van der Waals surface area contributed by atoms with Crippen molar-refractivity contribution in [2.45, 2.75) is 39.8 Å². The number of likely N-dealkylation sites (N-methyl/N-ethyl adjacent to an activating group) is 2. The van der Waals surface area contributed by atoms with Crippen molar-refractivity contribution in [3.8, 4) is 0 Å². The molecular weight excluding hydrogens is 542 g/mol. The molecule has 1 amide bonds. The van der Waals surface area contributed by atoms with Crippen molar-refractivity contribution in [1.82, 2.24) is 24.9 Å². The van der Waals surface area contributed by atoms with Gasteiger partial charge in [-0.2, -0.15) is 4.74 Å². The number of hydrogen-bond acceptors (Lipinski definition) is 11. The van der Waals surface area contributed by atoms with Crippen LogP contribution in [0.4, 0.5) is 11.4 Å². The van der Waals surface area contributed by atoms with Crippen LogP contribution in [-0.2, 0) is 19.2 Å². The number of hydroxylamine groups is 1. The minimum absolute atomic E-state index is 0.0195. The highest BCUT2D eigenvalue weighted by molar-refractivity contribution is 5.79. The summed E-state index contributed by atoms with van der Waals surface area (Å²) in [5, 5.41) is 27.0. The Balaban J connectivity index is 1.95. The van der Waals surface area contributed by atoms with Gasteiger partial charge in [-0.05, 0) is 53.9 Å². The molecule has 1 atom stereocenters. The summed E-state index contributed by atoms with van der Waals surface area (Å²) >= 11 is 0. The number of benzene rings is 1. The monoisotopic (exact) mass is 589 g/mol. The molecule has 0 fully saturated rings. The summed E-state index contributed by atoms with van der Waals surface area (Å²) in [4.78, 5) is 55.7. The lowest BCUT2D eigenvalue weighted by molar-refractivity contribution is -0.359. The van der Waals surface area contributed by atoms with E-state index in [9.17, 15) is 29.6 Å². The summed E-state index contributed by atoms with van der Waals surface area (Å²) < 4.78 is 0.717. The van der Waals surface area contributed by atoms with Gasteiger partial charge in [0.2, 0.25) is 11.6 Å². The number of hydrogen-bond donors (Lipinski definition) is 2. The molecule has 0 bridgehead atoms. The SMILES string of the molecule is CC(=O)CN(C)CCN(CCN(CCN(C)CC(C)=O)C(=O)CCCNC1C=[N+]([O-])c2ccccc2N1O)CC(C)=O. The first-order chi connectivity index (χ1) is 19.9. The van der Waals surface area contributed by atoms with Crippen LogP contribution in [0.2, 0.25) is 0 Å². The summed E-state index contributed by atoms with van der Waals surface area (Å²) in [6.07, 6.45) is 1.32. The second kappa shape index (κ2) is 17.7. The van der Waals surface area contributed by atoms with E-state index in [0.29, 0.717) is 76.7 Å². The molecule has 2 N–H and O–H groups in total. The summed E-state index contributed by atoms with van der Waals surface area (Å²) in [5.41, 5.74) is 0.745. The van der Waals surface area contributed by atoms with Crippen LogP contribution in [0.25, 0.3) is 0 Å². The van der Waals surface area contributed by atoms with E-state index < -0.39 is 6.17 Å². The Labute approximate surface area is 248 Å². The molecule has 42 heavy (non-hydrogen) atoms. The van der Waals surface area contributed by atoms with Crippen molar-refractivity contribution in [3.63, 3.8) is 0 Å². The molecule has 1 aromatic carbocycles. The number of para-hydroxylation sites is 2. The lowest BCUT2D eigenvalue weighted by Crippen LogP contribution is -2.49. The molecule has 1 aliphatic heterocycles. The molecule has 13 nitrogen and oxygen atoms in total. The first-order valence-electron chi connectivity index (χ1n) is 14.3. The van der Waals surface area contributed by atoms with Gasteiger partial charge in [0, 0.05) is 51.8 Å². The molecule has 0 aliphatic carbocycles. The van der Waals surface area contributed by atoms with Crippen molar-refractivity contribution < 1.29 is 29.1 Å². The van der Waals surface area contributed by atoms with E-state index in [1.54, 1.807) is 29.2 Å². The number of anilines is 1. The average molecular weight is 590 g/mol. The van der Waals surface area contributed by atoms with Crippen LogP contribution in [0, 0.1) is 5.21 Å². The Kier molecular flexibility index (Phi) is 14.7. The van der Waals surface area contributed by atoms with E-state index in [2.05, 4.69) is 5.32 Å². The number of carbonyl (C=O) groups is 4. The molecule has 1 unspecified atom stereocenters. The number of fused-ring (bicyclic) bond motifs is 1. The molecule has 234 valence electrons. The Morgan fingerprint density at radius 2 is 1.43 bits per heavy atom. The third kappa shape index (κ3) is 12.3. The zero-order chi connectivity index (χ0) is 31.2. The second-order valence-corrected chi connectivity index (χ2v) is 11.0. The zero-order valence-corrected chi connectivity index (χ0v) is 25.6. The smallest absolute Gasteiger partial charge is 0.242 e. The van der Waals surface area contributed by atoms with Crippen molar-refractivity contribution in [2.24, 2.45) is 0 Å². The normalized spacial score (nSPS) is 14.7. The van der Waals surface area contributed by atoms with Crippen LogP contribution >= 0.6 is 0 Å². The van der Waals surface area contributed by atoms with Crippen LogP contribution in [-0.4, -0.2) is 145 Å². The predicted octanol–water partition coefficient (Wildman–Crippen LogP) is 0.566. The standard InChI is InChI=1S/C29H47N7O6/c1-23(37)19-31(4)13-15-33(21-25(3)39)16-18-34(17-14-32(5)20-24(2)38)29(40)11-8-12-30-28-22-35(41)26-9-6-7-10-27(26)36(28)42/h6-7,9-10,22,28,30,42H,8,11-21H2,1-5H3. The highest BCUT2D eigenvalue weighted by Crippen LogP contribution is 2.29. The fourth-order valence-electron chi connectivity index (χ4n) is 4.78. The second-order valence-electron chi connectivity index (χ2n) is 11.0. The summed E-state index contributed by atoms with van der Waals surface area (Å²) in [7, 11) is 3.69. The highest BCUT2D eigenvalue weighted by atomic mass is 16.5. The van der Waals surface area contributed by atoms with E-state index in [1.165, 1.54) is 27.0 Å². The first-order valence-corrected chi connectivity index (χ1v) is 14.3. The lowest BCUT2D eigenvalue weighted by atomic mass is 10.2. The van der Waals surface area contributed by atoms with E-state index >= 15 is 0 Å². The van der Waals surface area contributed by atoms with Gasteiger partial charge < -0.3 is 10.1 Å². The van der Waals surface area contributed by atoms with Gasteiger partial charge in [0.15, 0.2) is 12.4 Å². The van der Waals surface area contributed by atoms with Crippen LogP contribution in [0.15, 0.2) is 24.3 Å².